The molecule has 0 saturated carbocycles. The number of aliphatic hydroxyl groups excluding tert-OH is 2. The largest absolute Gasteiger partial charge is 0.508 e. The molecule has 2 aromatic carbocycles. The number of aromatic hydroxyl groups is 2. The summed E-state index contributed by atoms with van der Waals surface area (Å²) in [5.41, 5.74) is 2.53. The Balaban J connectivity index is 2.08. The highest BCUT2D eigenvalue weighted by Gasteiger charge is 2.17. The first kappa shape index (κ1) is 14.1. The van der Waals surface area contributed by atoms with Crippen LogP contribution in [0.3, 0.4) is 0 Å². The van der Waals surface area contributed by atoms with E-state index in [2.05, 4.69) is 0 Å². The third-order valence-corrected chi connectivity index (χ3v) is 3.76. The second-order valence-corrected chi connectivity index (χ2v) is 5.21. The van der Waals surface area contributed by atoms with E-state index in [4.69, 9.17) is 0 Å². The number of allylic oxidation sites excluding steroid dienone is 3. The van der Waals surface area contributed by atoms with Gasteiger partial charge in [-0.2, -0.15) is 0 Å². The summed E-state index contributed by atoms with van der Waals surface area (Å²) in [6.45, 7) is 0. The van der Waals surface area contributed by atoms with E-state index in [0.29, 0.717) is 29.5 Å². The maximum Gasteiger partial charge on any atom is 0.165 e. The van der Waals surface area contributed by atoms with E-state index in [0.717, 1.165) is 5.56 Å². The molecule has 1 aliphatic carbocycles. The molecular weight excluding hydrogens is 280 g/mol. The van der Waals surface area contributed by atoms with E-state index in [9.17, 15) is 20.4 Å². The Morgan fingerprint density at radius 1 is 0.818 bits per heavy atom. The first-order chi connectivity index (χ1) is 10.6. The Hall–Kier alpha value is -2.88. The second-order valence-electron chi connectivity index (χ2n) is 5.21. The van der Waals surface area contributed by atoms with E-state index in [1.54, 1.807) is 24.3 Å². The molecule has 3 rings (SSSR count). The van der Waals surface area contributed by atoms with Gasteiger partial charge in [0.05, 0.1) is 0 Å². The zero-order valence-electron chi connectivity index (χ0n) is 11.8. The molecule has 0 heterocycles. The molecule has 0 fully saturated rings. The minimum atomic E-state index is -0.181. The zero-order chi connectivity index (χ0) is 15.7. The lowest BCUT2D eigenvalue weighted by atomic mass is 9.93. The molecule has 4 N–H and O–H groups in total. The fourth-order valence-electron chi connectivity index (χ4n) is 2.60. The minimum Gasteiger partial charge on any atom is -0.508 e. The van der Waals surface area contributed by atoms with Gasteiger partial charge in [0, 0.05) is 17.6 Å². The van der Waals surface area contributed by atoms with Gasteiger partial charge in [-0.3, -0.25) is 0 Å². The Bertz CT molecular complexity index is 787. The molecule has 0 saturated heterocycles. The van der Waals surface area contributed by atoms with Crippen molar-refractivity contribution in [2.75, 3.05) is 0 Å². The van der Waals surface area contributed by atoms with E-state index < -0.39 is 0 Å². The summed E-state index contributed by atoms with van der Waals surface area (Å²) >= 11 is 0. The predicted octanol–water partition coefficient (Wildman–Crippen LogP) is 4.27. The van der Waals surface area contributed by atoms with Crippen molar-refractivity contribution in [1.82, 2.24) is 0 Å². The van der Waals surface area contributed by atoms with Crippen LogP contribution in [0.5, 0.6) is 11.5 Å². The number of benzene rings is 2. The van der Waals surface area contributed by atoms with Crippen molar-refractivity contribution in [2.24, 2.45) is 0 Å². The SMILES string of the molecule is OC1=C(O)C(c2cccc(-c3cccc(O)c3O)c2)=CCC1. The van der Waals surface area contributed by atoms with Crippen molar-refractivity contribution < 1.29 is 20.4 Å². The molecular formula is C18H16O4. The number of para-hydroxylation sites is 1. The van der Waals surface area contributed by atoms with Crippen LogP contribution in [0.25, 0.3) is 16.7 Å². The first-order valence-electron chi connectivity index (χ1n) is 7.01. The van der Waals surface area contributed by atoms with Crippen molar-refractivity contribution >= 4 is 5.57 Å². The number of phenolic OH excluding ortho intramolecular Hbond substituents is 2. The molecule has 0 bridgehead atoms. The second kappa shape index (κ2) is 5.48. The molecule has 4 nitrogen and oxygen atoms in total. The van der Waals surface area contributed by atoms with Gasteiger partial charge in [-0.1, -0.05) is 36.4 Å². The molecule has 0 radical (unpaired) electrons. The Morgan fingerprint density at radius 2 is 1.55 bits per heavy atom. The van der Waals surface area contributed by atoms with Crippen molar-refractivity contribution in [1.29, 1.82) is 0 Å². The number of hydrogen-bond donors (Lipinski definition) is 4. The summed E-state index contributed by atoms with van der Waals surface area (Å²) in [4.78, 5) is 0. The average molecular weight is 296 g/mol. The van der Waals surface area contributed by atoms with Gasteiger partial charge in [0.2, 0.25) is 0 Å². The van der Waals surface area contributed by atoms with Gasteiger partial charge in [-0.25, -0.2) is 0 Å². The highest BCUT2D eigenvalue weighted by atomic mass is 16.3. The molecule has 0 unspecified atom stereocenters. The maximum absolute atomic E-state index is 10.0. The fraction of sp³-hybridized carbons (Fsp3) is 0.111. The number of aliphatic hydroxyl groups is 2. The van der Waals surface area contributed by atoms with Crippen LogP contribution in [0.15, 0.2) is 60.1 Å². The summed E-state index contributed by atoms with van der Waals surface area (Å²) < 4.78 is 0. The summed E-state index contributed by atoms with van der Waals surface area (Å²) in [5.74, 6) is -0.480. The molecule has 0 amide bonds. The topological polar surface area (TPSA) is 80.9 Å². The van der Waals surface area contributed by atoms with Crippen LogP contribution in [0.1, 0.15) is 18.4 Å². The minimum absolute atomic E-state index is 0.0110. The van der Waals surface area contributed by atoms with Crippen LogP contribution >= 0.6 is 0 Å². The van der Waals surface area contributed by atoms with Gasteiger partial charge in [0.25, 0.3) is 0 Å². The summed E-state index contributed by atoms with van der Waals surface area (Å²) in [6, 6.07) is 12.0. The monoisotopic (exact) mass is 296 g/mol. The number of rotatable bonds is 2. The molecule has 0 aromatic heterocycles. The first-order valence-corrected chi connectivity index (χ1v) is 7.01. The quantitative estimate of drug-likeness (QED) is 0.624. The Morgan fingerprint density at radius 3 is 2.36 bits per heavy atom. The summed E-state index contributed by atoms with van der Waals surface area (Å²) in [5, 5.41) is 39.3. The third-order valence-electron chi connectivity index (χ3n) is 3.76. The zero-order valence-corrected chi connectivity index (χ0v) is 11.8. The molecule has 0 aliphatic heterocycles. The molecule has 1 aliphatic rings. The smallest absolute Gasteiger partial charge is 0.165 e. The van der Waals surface area contributed by atoms with Crippen molar-refractivity contribution in [3.05, 3.63) is 65.6 Å². The van der Waals surface area contributed by atoms with Gasteiger partial charge in [0.1, 0.15) is 5.76 Å². The maximum atomic E-state index is 10.0. The molecule has 2 aromatic rings. The molecule has 0 atom stereocenters. The predicted molar refractivity (Wildman–Crippen MR) is 84.7 cm³/mol. The molecule has 0 spiro atoms. The van der Waals surface area contributed by atoms with E-state index in [-0.39, 0.29) is 23.0 Å². The van der Waals surface area contributed by atoms with E-state index in [1.165, 1.54) is 6.07 Å². The Kier molecular flexibility index (Phi) is 3.51. The van der Waals surface area contributed by atoms with Crippen molar-refractivity contribution in [3.8, 4) is 22.6 Å². The third kappa shape index (κ3) is 2.39. The number of phenols is 2. The molecule has 4 heteroatoms. The van der Waals surface area contributed by atoms with Gasteiger partial charge >= 0.3 is 0 Å². The van der Waals surface area contributed by atoms with Crippen LogP contribution in [0, 0.1) is 0 Å². The summed E-state index contributed by atoms with van der Waals surface area (Å²) in [6.07, 6.45) is 2.96. The summed E-state index contributed by atoms with van der Waals surface area (Å²) in [7, 11) is 0. The van der Waals surface area contributed by atoms with Crippen LogP contribution in [-0.2, 0) is 0 Å². The van der Waals surface area contributed by atoms with Gasteiger partial charge in [0.15, 0.2) is 17.3 Å². The van der Waals surface area contributed by atoms with Crippen LogP contribution < -0.4 is 0 Å². The molecule has 112 valence electrons. The average Bonchev–Trinajstić information content (AvgIpc) is 2.53. The molecule has 22 heavy (non-hydrogen) atoms. The lowest BCUT2D eigenvalue weighted by molar-refractivity contribution is 0.323. The highest BCUT2D eigenvalue weighted by Crippen LogP contribution is 2.38. The van der Waals surface area contributed by atoms with Crippen molar-refractivity contribution in [2.45, 2.75) is 12.8 Å². The van der Waals surface area contributed by atoms with E-state index >= 15 is 0 Å². The standard InChI is InChI=1S/C18H16O4/c19-15-8-2-6-13(17(15)21)11-4-1-5-12(10-11)14-7-3-9-16(20)18(14)22/h1-2,4-8,10,19-22H,3,9H2. The normalized spacial score (nSPS) is 14.8. The number of hydrogen-bond acceptors (Lipinski definition) is 4. The van der Waals surface area contributed by atoms with Crippen molar-refractivity contribution in [3.63, 3.8) is 0 Å². The lowest BCUT2D eigenvalue weighted by Crippen LogP contribution is -2.00. The highest BCUT2D eigenvalue weighted by molar-refractivity contribution is 5.82. The fourth-order valence-corrected chi connectivity index (χ4v) is 2.60. The van der Waals surface area contributed by atoms with Gasteiger partial charge < -0.3 is 20.4 Å². The van der Waals surface area contributed by atoms with Gasteiger partial charge in [-0.05, 0) is 29.7 Å². The van der Waals surface area contributed by atoms with Crippen LogP contribution in [-0.4, -0.2) is 20.4 Å². The van der Waals surface area contributed by atoms with Crippen LogP contribution in [0.4, 0.5) is 0 Å². The van der Waals surface area contributed by atoms with Gasteiger partial charge in [-0.15, -0.1) is 0 Å². The van der Waals surface area contributed by atoms with Crippen LogP contribution in [0.2, 0.25) is 0 Å². The lowest BCUT2D eigenvalue weighted by Gasteiger charge is -2.15. The Labute approximate surface area is 127 Å². The van der Waals surface area contributed by atoms with E-state index in [1.807, 2.05) is 18.2 Å².